The Morgan fingerprint density at radius 2 is 1.31 bits per heavy atom. The van der Waals surface area contributed by atoms with E-state index in [1.807, 2.05) is 36.4 Å². The highest BCUT2D eigenvalue weighted by atomic mass is 16.5. The summed E-state index contributed by atoms with van der Waals surface area (Å²) in [4.78, 5) is 9.40. The molecule has 4 rings (SSSR count). The Morgan fingerprint density at radius 3 is 1.96 bits per heavy atom. The summed E-state index contributed by atoms with van der Waals surface area (Å²) in [5.74, 6) is 2.23. The Labute approximate surface area is 150 Å². The minimum atomic E-state index is 0.506. The standard InChI is InChI=1S/C20H18N2O4/c1-23-15-9-12-13(10-16(15)24-2)19(25-3)22-18-11-7-5-6-8-14(11)21-20(26-4)17(12)18/h5-10H,1-4H3. The maximum Gasteiger partial charge on any atom is 0.223 e. The van der Waals surface area contributed by atoms with Crippen molar-refractivity contribution in [2.75, 3.05) is 28.4 Å². The van der Waals surface area contributed by atoms with E-state index >= 15 is 0 Å². The third-order valence-electron chi connectivity index (χ3n) is 4.46. The highest BCUT2D eigenvalue weighted by Crippen LogP contribution is 2.42. The van der Waals surface area contributed by atoms with Gasteiger partial charge in [0.2, 0.25) is 11.8 Å². The fourth-order valence-electron chi connectivity index (χ4n) is 3.26. The maximum absolute atomic E-state index is 5.58. The van der Waals surface area contributed by atoms with E-state index in [0.717, 1.165) is 32.6 Å². The number of hydrogen-bond donors (Lipinski definition) is 0. The van der Waals surface area contributed by atoms with Gasteiger partial charge >= 0.3 is 0 Å². The molecule has 0 radical (unpaired) electrons. The number of hydrogen-bond acceptors (Lipinski definition) is 6. The SMILES string of the molecule is COc1cc2c(OC)nc3c4ccccc4nc(OC)c3c2cc1OC. The summed E-state index contributed by atoms with van der Waals surface area (Å²) in [5, 5.41) is 3.41. The lowest BCUT2D eigenvalue weighted by atomic mass is 10.0. The average Bonchev–Trinajstić information content (AvgIpc) is 2.70. The molecule has 0 spiro atoms. The number of aromatic nitrogens is 2. The molecule has 0 aliphatic carbocycles. The molecule has 26 heavy (non-hydrogen) atoms. The van der Waals surface area contributed by atoms with Crippen molar-refractivity contribution in [3.05, 3.63) is 36.4 Å². The van der Waals surface area contributed by atoms with E-state index in [-0.39, 0.29) is 0 Å². The molecule has 0 amide bonds. The van der Waals surface area contributed by atoms with Gasteiger partial charge in [-0.25, -0.2) is 9.97 Å². The first kappa shape index (κ1) is 16.2. The summed E-state index contributed by atoms with van der Waals surface area (Å²) in [6.45, 7) is 0. The molecule has 0 fully saturated rings. The van der Waals surface area contributed by atoms with Crippen LogP contribution in [0.15, 0.2) is 36.4 Å². The summed E-state index contributed by atoms with van der Waals surface area (Å²) in [6.07, 6.45) is 0. The second kappa shape index (κ2) is 6.22. The monoisotopic (exact) mass is 350 g/mol. The predicted octanol–water partition coefficient (Wildman–Crippen LogP) is 3.97. The van der Waals surface area contributed by atoms with Crippen LogP contribution >= 0.6 is 0 Å². The highest BCUT2D eigenvalue weighted by molar-refractivity contribution is 6.18. The van der Waals surface area contributed by atoms with Crippen molar-refractivity contribution in [1.29, 1.82) is 0 Å². The summed E-state index contributed by atoms with van der Waals surface area (Å²) >= 11 is 0. The average molecular weight is 350 g/mol. The van der Waals surface area contributed by atoms with Crippen molar-refractivity contribution in [3.63, 3.8) is 0 Å². The zero-order valence-corrected chi connectivity index (χ0v) is 15.0. The van der Waals surface area contributed by atoms with E-state index in [0.29, 0.717) is 23.3 Å². The zero-order valence-electron chi connectivity index (χ0n) is 15.0. The van der Waals surface area contributed by atoms with Gasteiger partial charge in [-0.15, -0.1) is 0 Å². The van der Waals surface area contributed by atoms with Crippen molar-refractivity contribution in [2.45, 2.75) is 0 Å². The Morgan fingerprint density at radius 1 is 0.654 bits per heavy atom. The molecule has 0 bridgehead atoms. The largest absolute Gasteiger partial charge is 0.493 e. The molecule has 2 aromatic heterocycles. The smallest absolute Gasteiger partial charge is 0.223 e. The van der Waals surface area contributed by atoms with E-state index in [1.165, 1.54) is 0 Å². The number of methoxy groups -OCH3 is 4. The first-order valence-electron chi connectivity index (χ1n) is 8.08. The number of para-hydroxylation sites is 1. The third-order valence-corrected chi connectivity index (χ3v) is 4.46. The zero-order chi connectivity index (χ0) is 18.3. The number of ether oxygens (including phenoxy) is 4. The lowest BCUT2D eigenvalue weighted by Crippen LogP contribution is -1.98. The van der Waals surface area contributed by atoms with Crippen molar-refractivity contribution in [3.8, 4) is 23.3 Å². The van der Waals surface area contributed by atoms with Crippen LogP contribution in [0.25, 0.3) is 32.6 Å². The minimum Gasteiger partial charge on any atom is -0.493 e. The van der Waals surface area contributed by atoms with Gasteiger partial charge in [0.05, 0.1) is 44.9 Å². The molecule has 0 atom stereocenters. The van der Waals surface area contributed by atoms with Gasteiger partial charge in [-0.3, -0.25) is 0 Å². The van der Waals surface area contributed by atoms with Crippen LogP contribution in [-0.2, 0) is 0 Å². The fourth-order valence-corrected chi connectivity index (χ4v) is 3.26. The lowest BCUT2D eigenvalue weighted by molar-refractivity contribution is 0.355. The molecule has 0 unspecified atom stereocenters. The molecule has 6 nitrogen and oxygen atoms in total. The normalized spacial score (nSPS) is 11.1. The van der Waals surface area contributed by atoms with Crippen LogP contribution in [0.2, 0.25) is 0 Å². The van der Waals surface area contributed by atoms with Gasteiger partial charge in [0, 0.05) is 16.2 Å². The summed E-state index contributed by atoms with van der Waals surface area (Å²) < 4.78 is 22.1. The van der Waals surface area contributed by atoms with E-state index in [4.69, 9.17) is 23.9 Å². The number of nitrogens with zero attached hydrogens (tertiary/aromatic N) is 2. The van der Waals surface area contributed by atoms with E-state index in [1.54, 1.807) is 28.4 Å². The van der Waals surface area contributed by atoms with Crippen LogP contribution in [-0.4, -0.2) is 38.4 Å². The fraction of sp³-hybridized carbons (Fsp3) is 0.200. The van der Waals surface area contributed by atoms with Crippen LogP contribution in [0.1, 0.15) is 0 Å². The molecule has 2 heterocycles. The van der Waals surface area contributed by atoms with Crippen molar-refractivity contribution in [1.82, 2.24) is 9.97 Å². The first-order chi connectivity index (χ1) is 12.7. The van der Waals surface area contributed by atoms with Gasteiger partial charge in [0.25, 0.3) is 0 Å². The Balaban J connectivity index is 2.28. The first-order valence-corrected chi connectivity index (χ1v) is 8.08. The van der Waals surface area contributed by atoms with Crippen LogP contribution < -0.4 is 18.9 Å². The van der Waals surface area contributed by atoms with Crippen molar-refractivity contribution in [2.24, 2.45) is 0 Å². The topological polar surface area (TPSA) is 62.7 Å². The Hall–Kier alpha value is -3.28. The second-order valence-corrected chi connectivity index (χ2v) is 5.74. The minimum absolute atomic E-state index is 0.506. The van der Waals surface area contributed by atoms with Crippen molar-refractivity contribution >= 4 is 32.6 Å². The molecule has 132 valence electrons. The van der Waals surface area contributed by atoms with Gasteiger partial charge in [-0.2, -0.15) is 0 Å². The molecule has 0 aliphatic heterocycles. The Bertz CT molecular complexity index is 1140. The van der Waals surface area contributed by atoms with Gasteiger partial charge in [-0.1, -0.05) is 18.2 Å². The van der Waals surface area contributed by atoms with Gasteiger partial charge in [-0.05, 0) is 18.2 Å². The van der Waals surface area contributed by atoms with E-state index < -0.39 is 0 Å². The molecular weight excluding hydrogens is 332 g/mol. The number of pyridine rings is 2. The summed E-state index contributed by atoms with van der Waals surface area (Å²) in [6, 6.07) is 11.6. The Kier molecular flexibility index (Phi) is 3.88. The van der Waals surface area contributed by atoms with E-state index in [9.17, 15) is 0 Å². The van der Waals surface area contributed by atoms with Crippen LogP contribution in [0, 0.1) is 0 Å². The van der Waals surface area contributed by atoms with Gasteiger partial charge in [0.1, 0.15) is 0 Å². The second-order valence-electron chi connectivity index (χ2n) is 5.74. The molecular formula is C20H18N2O4. The predicted molar refractivity (Wildman–Crippen MR) is 101 cm³/mol. The quantitative estimate of drug-likeness (QED) is 0.519. The molecule has 6 heteroatoms. The summed E-state index contributed by atoms with van der Waals surface area (Å²) in [7, 11) is 6.41. The number of benzene rings is 2. The molecule has 0 saturated heterocycles. The van der Waals surface area contributed by atoms with E-state index in [2.05, 4.69) is 4.98 Å². The molecule has 0 N–H and O–H groups in total. The van der Waals surface area contributed by atoms with Crippen LogP contribution in [0.4, 0.5) is 0 Å². The van der Waals surface area contributed by atoms with Gasteiger partial charge < -0.3 is 18.9 Å². The third kappa shape index (κ3) is 2.26. The van der Waals surface area contributed by atoms with Gasteiger partial charge in [0.15, 0.2) is 11.5 Å². The molecule has 0 aliphatic rings. The lowest BCUT2D eigenvalue weighted by Gasteiger charge is -2.15. The highest BCUT2D eigenvalue weighted by Gasteiger charge is 2.19. The molecule has 4 aromatic rings. The van der Waals surface area contributed by atoms with Crippen LogP contribution in [0.3, 0.4) is 0 Å². The molecule has 0 saturated carbocycles. The maximum atomic E-state index is 5.58. The molecule has 2 aromatic carbocycles. The summed E-state index contributed by atoms with van der Waals surface area (Å²) in [5.41, 5.74) is 1.58. The number of fused-ring (bicyclic) bond motifs is 5. The number of rotatable bonds is 4. The van der Waals surface area contributed by atoms with Crippen LogP contribution in [0.5, 0.6) is 23.3 Å². The van der Waals surface area contributed by atoms with Crippen molar-refractivity contribution < 1.29 is 18.9 Å².